The van der Waals surface area contributed by atoms with Gasteiger partial charge in [-0.3, -0.25) is 4.79 Å². The lowest BCUT2D eigenvalue weighted by atomic mass is 10.2. The van der Waals surface area contributed by atoms with E-state index in [1.54, 1.807) is 10.3 Å². The van der Waals surface area contributed by atoms with Crippen molar-refractivity contribution in [2.45, 2.75) is 32.7 Å². The number of aromatic nitrogens is 1. The largest absolute Gasteiger partial charge is 0.464 e. The molecular formula is C14H22N2O4S. The molecule has 1 rings (SSSR count). The maximum Gasteiger partial charge on any atom is 0.357 e. The monoisotopic (exact) mass is 314 g/mol. The number of rotatable bonds is 9. The van der Waals surface area contributed by atoms with Gasteiger partial charge in [0.05, 0.1) is 13.7 Å². The molecule has 1 aromatic rings. The summed E-state index contributed by atoms with van der Waals surface area (Å²) < 4.78 is 9.53. The van der Waals surface area contributed by atoms with E-state index in [4.69, 9.17) is 4.74 Å². The first-order valence-corrected chi connectivity index (χ1v) is 7.79. The molecule has 0 spiro atoms. The van der Waals surface area contributed by atoms with Gasteiger partial charge in [0.1, 0.15) is 11.6 Å². The Labute approximate surface area is 129 Å². The second-order valence-corrected chi connectivity index (χ2v) is 5.52. The van der Waals surface area contributed by atoms with Crippen LogP contribution >= 0.6 is 11.3 Å². The molecule has 1 heterocycles. The van der Waals surface area contributed by atoms with Crippen molar-refractivity contribution in [1.82, 2.24) is 9.88 Å². The van der Waals surface area contributed by atoms with Crippen LogP contribution < -0.4 is 0 Å². The van der Waals surface area contributed by atoms with Crippen LogP contribution in [0.25, 0.3) is 0 Å². The highest BCUT2D eigenvalue weighted by Gasteiger charge is 2.17. The standard InChI is InChI=1S/C14H22N2O4S/c1-4-5-6-7-16(13(17)9-19-2)8-12-15-11(10-21-12)14(18)20-3/h10H,4-9H2,1-3H3. The number of ether oxygens (including phenoxy) is 2. The van der Waals surface area contributed by atoms with Crippen molar-refractivity contribution in [3.05, 3.63) is 16.1 Å². The molecule has 21 heavy (non-hydrogen) atoms. The minimum absolute atomic E-state index is 0.0569. The van der Waals surface area contributed by atoms with E-state index in [9.17, 15) is 9.59 Å². The van der Waals surface area contributed by atoms with Crippen LogP contribution in [0.5, 0.6) is 0 Å². The van der Waals surface area contributed by atoms with Gasteiger partial charge in [-0.1, -0.05) is 19.8 Å². The summed E-state index contributed by atoms with van der Waals surface area (Å²) in [4.78, 5) is 29.3. The van der Waals surface area contributed by atoms with Gasteiger partial charge in [-0.2, -0.15) is 0 Å². The summed E-state index contributed by atoms with van der Waals surface area (Å²) in [6.07, 6.45) is 3.11. The van der Waals surface area contributed by atoms with E-state index in [2.05, 4.69) is 16.6 Å². The number of hydrogen-bond acceptors (Lipinski definition) is 6. The second kappa shape index (κ2) is 9.46. The Balaban J connectivity index is 2.68. The van der Waals surface area contributed by atoms with Gasteiger partial charge in [0.25, 0.3) is 0 Å². The number of hydrogen-bond donors (Lipinski definition) is 0. The molecule has 0 aliphatic carbocycles. The first-order chi connectivity index (χ1) is 10.1. The van der Waals surface area contributed by atoms with Crippen LogP contribution in [-0.4, -0.2) is 49.1 Å². The highest BCUT2D eigenvalue weighted by Crippen LogP contribution is 2.14. The average molecular weight is 314 g/mol. The van der Waals surface area contributed by atoms with Gasteiger partial charge in [0.15, 0.2) is 5.69 Å². The number of thiazole rings is 1. The minimum atomic E-state index is -0.460. The third kappa shape index (κ3) is 5.81. The van der Waals surface area contributed by atoms with E-state index in [0.29, 0.717) is 13.1 Å². The maximum absolute atomic E-state index is 12.0. The zero-order chi connectivity index (χ0) is 15.7. The lowest BCUT2D eigenvalue weighted by Gasteiger charge is -2.21. The molecule has 0 N–H and O–H groups in total. The van der Waals surface area contributed by atoms with Crippen molar-refractivity contribution in [3.63, 3.8) is 0 Å². The van der Waals surface area contributed by atoms with E-state index in [1.807, 2.05) is 0 Å². The average Bonchev–Trinajstić information content (AvgIpc) is 2.94. The Bertz CT molecular complexity index is 462. The molecule has 6 nitrogen and oxygen atoms in total. The van der Waals surface area contributed by atoms with Crippen molar-refractivity contribution in [3.8, 4) is 0 Å². The molecule has 0 fully saturated rings. The molecule has 0 radical (unpaired) electrons. The summed E-state index contributed by atoms with van der Waals surface area (Å²) in [5.41, 5.74) is 0.283. The summed E-state index contributed by atoms with van der Waals surface area (Å²) in [6.45, 7) is 3.24. The maximum atomic E-state index is 12.0. The summed E-state index contributed by atoms with van der Waals surface area (Å²) in [6, 6.07) is 0. The highest BCUT2D eigenvalue weighted by molar-refractivity contribution is 7.09. The van der Waals surface area contributed by atoms with Crippen molar-refractivity contribution in [2.75, 3.05) is 27.4 Å². The Hall–Kier alpha value is -1.47. The number of carbonyl (C=O) groups excluding carboxylic acids is 2. The Morgan fingerprint density at radius 2 is 2.10 bits per heavy atom. The first kappa shape index (κ1) is 17.6. The van der Waals surface area contributed by atoms with Crippen LogP contribution in [0, 0.1) is 0 Å². The first-order valence-electron chi connectivity index (χ1n) is 6.91. The highest BCUT2D eigenvalue weighted by atomic mass is 32.1. The zero-order valence-electron chi connectivity index (χ0n) is 12.8. The summed E-state index contributed by atoms with van der Waals surface area (Å²) in [5, 5.41) is 2.36. The molecule has 1 amide bonds. The number of amides is 1. The SMILES string of the molecule is CCCCCN(Cc1nc(C(=O)OC)cs1)C(=O)COC. The normalized spacial score (nSPS) is 10.4. The molecule has 0 saturated carbocycles. The van der Waals surface area contributed by atoms with Crippen molar-refractivity contribution in [1.29, 1.82) is 0 Å². The molecule has 0 unspecified atom stereocenters. The topological polar surface area (TPSA) is 68.7 Å². The zero-order valence-corrected chi connectivity index (χ0v) is 13.6. The van der Waals surface area contributed by atoms with Gasteiger partial charge in [0, 0.05) is 19.0 Å². The van der Waals surface area contributed by atoms with Gasteiger partial charge >= 0.3 is 5.97 Å². The summed E-state index contributed by atoms with van der Waals surface area (Å²) >= 11 is 1.35. The number of esters is 1. The predicted molar refractivity (Wildman–Crippen MR) is 80.3 cm³/mol. The minimum Gasteiger partial charge on any atom is -0.464 e. The molecule has 0 aliphatic rings. The summed E-state index contributed by atoms with van der Waals surface area (Å²) in [7, 11) is 2.82. The number of methoxy groups -OCH3 is 2. The van der Waals surface area contributed by atoms with E-state index in [1.165, 1.54) is 25.6 Å². The van der Waals surface area contributed by atoms with Crippen LogP contribution in [0.3, 0.4) is 0 Å². The molecule has 0 bridgehead atoms. The fourth-order valence-electron chi connectivity index (χ4n) is 1.80. The van der Waals surface area contributed by atoms with Crippen LogP contribution in [0.2, 0.25) is 0 Å². The van der Waals surface area contributed by atoms with Crippen molar-refractivity contribution < 1.29 is 19.1 Å². The third-order valence-corrected chi connectivity index (χ3v) is 3.76. The molecule has 1 aromatic heterocycles. The second-order valence-electron chi connectivity index (χ2n) is 4.57. The summed E-state index contributed by atoms with van der Waals surface area (Å²) in [5.74, 6) is -0.526. The molecule has 7 heteroatoms. The fraction of sp³-hybridized carbons (Fsp3) is 0.643. The smallest absolute Gasteiger partial charge is 0.357 e. The van der Waals surface area contributed by atoms with Gasteiger partial charge in [-0.15, -0.1) is 11.3 Å². The molecular weight excluding hydrogens is 292 g/mol. The Morgan fingerprint density at radius 3 is 2.71 bits per heavy atom. The number of unbranched alkanes of at least 4 members (excludes halogenated alkanes) is 2. The van der Waals surface area contributed by atoms with E-state index in [-0.39, 0.29) is 18.2 Å². The number of carbonyl (C=O) groups is 2. The number of nitrogens with zero attached hydrogens (tertiary/aromatic N) is 2. The lowest BCUT2D eigenvalue weighted by Crippen LogP contribution is -2.34. The molecule has 118 valence electrons. The Kier molecular flexibility index (Phi) is 7.92. The quantitative estimate of drug-likeness (QED) is 0.516. The van der Waals surface area contributed by atoms with E-state index in [0.717, 1.165) is 24.3 Å². The van der Waals surface area contributed by atoms with E-state index >= 15 is 0 Å². The Morgan fingerprint density at radius 1 is 1.33 bits per heavy atom. The molecule has 0 aliphatic heterocycles. The van der Waals surface area contributed by atoms with Gasteiger partial charge < -0.3 is 14.4 Å². The molecule has 0 aromatic carbocycles. The van der Waals surface area contributed by atoms with Crippen molar-refractivity contribution in [2.24, 2.45) is 0 Å². The third-order valence-electron chi connectivity index (χ3n) is 2.92. The molecule has 0 atom stereocenters. The predicted octanol–water partition coefficient (Wildman–Crippen LogP) is 2.09. The lowest BCUT2D eigenvalue weighted by molar-refractivity contribution is -0.135. The van der Waals surface area contributed by atoms with Gasteiger partial charge in [0.2, 0.25) is 5.91 Å². The molecule has 0 saturated heterocycles. The van der Waals surface area contributed by atoms with Crippen LogP contribution in [0.4, 0.5) is 0 Å². The van der Waals surface area contributed by atoms with Crippen molar-refractivity contribution >= 4 is 23.2 Å². The fourth-order valence-corrected chi connectivity index (χ4v) is 2.58. The van der Waals surface area contributed by atoms with Crippen LogP contribution in [0.1, 0.15) is 41.7 Å². The van der Waals surface area contributed by atoms with Gasteiger partial charge in [-0.25, -0.2) is 9.78 Å². The van der Waals surface area contributed by atoms with E-state index < -0.39 is 5.97 Å². The van der Waals surface area contributed by atoms with Crippen LogP contribution in [0.15, 0.2) is 5.38 Å². The van der Waals surface area contributed by atoms with Crippen LogP contribution in [-0.2, 0) is 20.8 Å². The van der Waals surface area contributed by atoms with Gasteiger partial charge in [-0.05, 0) is 6.42 Å².